The van der Waals surface area contributed by atoms with Crippen LogP contribution in [-0.2, 0) is 0 Å². The summed E-state index contributed by atoms with van der Waals surface area (Å²) < 4.78 is 0. The van der Waals surface area contributed by atoms with Gasteiger partial charge in [-0.1, -0.05) is 32.6 Å². The lowest BCUT2D eigenvalue weighted by Crippen LogP contribution is -2.50. The van der Waals surface area contributed by atoms with Crippen LogP contribution >= 0.6 is 0 Å². The predicted molar refractivity (Wildman–Crippen MR) is 88.3 cm³/mol. The zero-order valence-corrected chi connectivity index (χ0v) is 14.0. The second-order valence-corrected chi connectivity index (χ2v) is 8.04. The number of aliphatic hydroxyl groups excluding tert-OH is 1. The van der Waals surface area contributed by atoms with Crippen molar-refractivity contribution in [3.63, 3.8) is 0 Å². The molecule has 2 nitrogen and oxygen atoms in total. The fourth-order valence-corrected chi connectivity index (χ4v) is 5.47. The third-order valence-corrected chi connectivity index (χ3v) is 6.58. The van der Waals surface area contributed by atoms with Crippen molar-refractivity contribution in [3.8, 4) is 0 Å². The fourth-order valence-electron chi connectivity index (χ4n) is 5.47. The molecule has 2 saturated carbocycles. The van der Waals surface area contributed by atoms with Gasteiger partial charge in [-0.25, -0.2) is 0 Å². The Labute approximate surface area is 131 Å². The van der Waals surface area contributed by atoms with E-state index in [4.69, 9.17) is 0 Å². The second kappa shape index (κ2) is 7.46. The predicted octanol–water partition coefficient (Wildman–Crippen LogP) is 4.22. The van der Waals surface area contributed by atoms with E-state index >= 15 is 0 Å². The van der Waals surface area contributed by atoms with E-state index in [9.17, 15) is 5.11 Å². The summed E-state index contributed by atoms with van der Waals surface area (Å²) in [7, 11) is 0. The Hall–Kier alpha value is -0.0800. The minimum absolute atomic E-state index is 0.0259. The summed E-state index contributed by atoms with van der Waals surface area (Å²) >= 11 is 0. The topological polar surface area (TPSA) is 23.5 Å². The standard InChI is InChI=1S/C19H35NO/c1-2-6-15-10-11-19(21)17(13-15)14-20-12-5-8-16-7-3-4-9-18(16)20/h15-19,21H,2-14H2,1H3. The molecule has 1 saturated heterocycles. The average molecular weight is 293 g/mol. The van der Waals surface area contributed by atoms with Crippen molar-refractivity contribution in [2.24, 2.45) is 17.8 Å². The van der Waals surface area contributed by atoms with Gasteiger partial charge in [0.15, 0.2) is 0 Å². The Balaban J connectivity index is 1.58. The molecule has 21 heavy (non-hydrogen) atoms. The van der Waals surface area contributed by atoms with Crippen LogP contribution in [0.25, 0.3) is 0 Å². The summed E-state index contributed by atoms with van der Waals surface area (Å²) in [6, 6.07) is 0.853. The molecule has 3 rings (SSSR count). The van der Waals surface area contributed by atoms with Crippen molar-refractivity contribution < 1.29 is 5.11 Å². The number of fused-ring (bicyclic) bond motifs is 1. The van der Waals surface area contributed by atoms with Crippen molar-refractivity contribution in [3.05, 3.63) is 0 Å². The first-order chi connectivity index (χ1) is 10.3. The van der Waals surface area contributed by atoms with Crippen LogP contribution < -0.4 is 0 Å². The molecule has 0 aromatic heterocycles. The third-order valence-electron chi connectivity index (χ3n) is 6.58. The third kappa shape index (κ3) is 3.82. The molecule has 1 N–H and O–H groups in total. The van der Waals surface area contributed by atoms with Crippen LogP contribution in [0.15, 0.2) is 0 Å². The molecule has 0 radical (unpaired) electrons. The van der Waals surface area contributed by atoms with Gasteiger partial charge in [-0.3, -0.25) is 4.90 Å². The minimum atomic E-state index is -0.0259. The molecular weight excluding hydrogens is 258 g/mol. The lowest BCUT2D eigenvalue weighted by atomic mass is 9.75. The summed E-state index contributed by atoms with van der Waals surface area (Å²) in [5.41, 5.74) is 0. The number of likely N-dealkylation sites (tertiary alicyclic amines) is 1. The van der Waals surface area contributed by atoms with Gasteiger partial charge in [-0.05, 0) is 69.2 Å². The highest BCUT2D eigenvalue weighted by molar-refractivity contribution is 4.90. The van der Waals surface area contributed by atoms with Gasteiger partial charge >= 0.3 is 0 Å². The SMILES string of the molecule is CCCC1CCC(O)C(CN2CCCC3CCCCC32)C1. The van der Waals surface area contributed by atoms with E-state index in [0.29, 0.717) is 5.92 Å². The largest absolute Gasteiger partial charge is 0.393 e. The first-order valence-corrected chi connectivity index (χ1v) is 9.70. The molecule has 1 aliphatic heterocycles. The average Bonchev–Trinajstić information content (AvgIpc) is 2.51. The Kier molecular flexibility index (Phi) is 5.61. The fraction of sp³-hybridized carbons (Fsp3) is 1.00. The Morgan fingerprint density at radius 1 is 1.00 bits per heavy atom. The van der Waals surface area contributed by atoms with Crippen LogP contribution in [0.5, 0.6) is 0 Å². The van der Waals surface area contributed by atoms with Crippen LogP contribution in [0.4, 0.5) is 0 Å². The van der Waals surface area contributed by atoms with Crippen LogP contribution in [-0.4, -0.2) is 35.2 Å². The number of hydrogen-bond donors (Lipinski definition) is 1. The summed E-state index contributed by atoms with van der Waals surface area (Å²) in [6.45, 7) is 4.78. The van der Waals surface area contributed by atoms with Gasteiger partial charge in [0, 0.05) is 12.6 Å². The van der Waals surface area contributed by atoms with E-state index in [-0.39, 0.29) is 6.10 Å². The molecule has 122 valence electrons. The summed E-state index contributed by atoms with van der Waals surface area (Å²) in [5, 5.41) is 10.5. The Bertz CT molecular complexity index is 317. The number of nitrogens with zero attached hydrogens (tertiary/aromatic N) is 1. The van der Waals surface area contributed by atoms with Crippen LogP contribution in [0.3, 0.4) is 0 Å². The molecule has 0 aromatic rings. The summed E-state index contributed by atoms with van der Waals surface area (Å²) in [6.07, 6.45) is 14.9. The number of rotatable bonds is 4. The van der Waals surface area contributed by atoms with Gasteiger partial charge in [-0.2, -0.15) is 0 Å². The minimum Gasteiger partial charge on any atom is -0.393 e. The lowest BCUT2D eigenvalue weighted by molar-refractivity contribution is -0.00947. The molecule has 2 heteroatoms. The highest BCUT2D eigenvalue weighted by Crippen LogP contribution is 2.38. The van der Waals surface area contributed by atoms with Crippen molar-refractivity contribution in [2.45, 2.75) is 89.7 Å². The first-order valence-electron chi connectivity index (χ1n) is 9.70. The summed E-state index contributed by atoms with van der Waals surface area (Å²) in [5.74, 6) is 2.41. The molecule has 3 aliphatic rings. The smallest absolute Gasteiger partial charge is 0.0580 e. The monoisotopic (exact) mass is 293 g/mol. The van der Waals surface area contributed by atoms with Gasteiger partial charge in [-0.15, -0.1) is 0 Å². The Morgan fingerprint density at radius 3 is 2.67 bits per heavy atom. The quantitative estimate of drug-likeness (QED) is 0.839. The molecule has 1 heterocycles. The van der Waals surface area contributed by atoms with Crippen LogP contribution in [0, 0.1) is 17.8 Å². The molecule has 0 bridgehead atoms. The molecule has 2 aliphatic carbocycles. The van der Waals surface area contributed by atoms with E-state index in [1.165, 1.54) is 77.3 Å². The highest BCUT2D eigenvalue weighted by atomic mass is 16.3. The molecule has 0 amide bonds. The molecule has 5 atom stereocenters. The van der Waals surface area contributed by atoms with E-state index in [0.717, 1.165) is 24.3 Å². The van der Waals surface area contributed by atoms with Gasteiger partial charge < -0.3 is 5.11 Å². The maximum Gasteiger partial charge on any atom is 0.0580 e. The van der Waals surface area contributed by atoms with Crippen molar-refractivity contribution in [1.29, 1.82) is 0 Å². The van der Waals surface area contributed by atoms with Crippen molar-refractivity contribution >= 4 is 0 Å². The Morgan fingerprint density at radius 2 is 1.81 bits per heavy atom. The summed E-state index contributed by atoms with van der Waals surface area (Å²) in [4.78, 5) is 2.79. The number of hydrogen-bond acceptors (Lipinski definition) is 2. The van der Waals surface area contributed by atoms with Gasteiger partial charge in [0.25, 0.3) is 0 Å². The maximum atomic E-state index is 10.5. The first kappa shape index (κ1) is 15.8. The molecule has 0 spiro atoms. The normalized spacial score (nSPS) is 41.7. The van der Waals surface area contributed by atoms with Crippen molar-refractivity contribution in [2.75, 3.05) is 13.1 Å². The number of aliphatic hydroxyl groups is 1. The van der Waals surface area contributed by atoms with E-state index in [1.54, 1.807) is 0 Å². The van der Waals surface area contributed by atoms with Crippen LogP contribution in [0.2, 0.25) is 0 Å². The zero-order chi connectivity index (χ0) is 14.7. The lowest BCUT2D eigenvalue weighted by Gasteiger charge is -2.47. The maximum absolute atomic E-state index is 10.5. The van der Waals surface area contributed by atoms with Gasteiger partial charge in [0.2, 0.25) is 0 Å². The molecule has 5 unspecified atom stereocenters. The van der Waals surface area contributed by atoms with Crippen LogP contribution in [0.1, 0.15) is 77.6 Å². The number of piperidine rings is 1. The van der Waals surface area contributed by atoms with E-state index in [2.05, 4.69) is 11.8 Å². The van der Waals surface area contributed by atoms with E-state index in [1.807, 2.05) is 0 Å². The second-order valence-electron chi connectivity index (χ2n) is 8.04. The zero-order valence-electron chi connectivity index (χ0n) is 14.0. The van der Waals surface area contributed by atoms with Gasteiger partial charge in [0.1, 0.15) is 0 Å². The van der Waals surface area contributed by atoms with Gasteiger partial charge in [0.05, 0.1) is 6.10 Å². The molecular formula is C19H35NO. The van der Waals surface area contributed by atoms with E-state index < -0.39 is 0 Å². The molecule has 3 fully saturated rings. The van der Waals surface area contributed by atoms with Crippen molar-refractivity contribution in [1.82, 2.24) is 4.90 Å². The molecule has 0 aromatic carbocycles. The highest BCUT2D eigenvalue weighted by Gasteiger charge is 2.36.